The Hall–Kier alpha value is -3.68. The summed E-state index contributed by atoms with van der Waals surface area (Å²) >= 11 is 0. The molecule has 2 amide bonds. The zero-order valence-corrected chi connectivity index (χ0v) is 20.3. The molecule has 3 aromatic rings. The van der Waals surface area contributed by atoms with E-state index in [9.17, 15) is 14.0 Å². The van der Waals surface area contributed by atoms with Gasteiger partial charge in [-0.2, -0.15) is 5.10 Å². The molecule has 0 aliphatic carbocycles. The van der Waals surface area contributed by atoms with E-state index >= 15 is 0 Å². The van der Waals surface area contributed by atoms with Crippen LogP contribution in [0.1, 0.15) is 61.1 Å². The molecule has 0 unspecified atom stereocenters. The summed E-state index contributed by atoms with van der Waals surface area (Å²) in [4.78, 5) is 27.4. The Morgan fingerprint density at radius 2 is 1.71 bits per heavy atom. The third kappa shape index (κ3) is 6.07. The number of para-hydroxylation sites is 1. The van der Waals surface area contributed by atoms with Crippen molar-refractivity contribution in [2.24, 2.45) is 0 Å². The van der Waals surface area contributed by atoms with Crippen LogP contribution >= 0.6 is 0 Å². The van der Waals surface area contributed by atoms with Crippen LogP contribution in [0.2, 0.25) is 0 Å². The topological polar surface area (TPSA) is 76.5 Å². The summed E-state index contributed by atoms with van der Waals surface area (Å²) < 4.78 is 20.5. The lowest BCUT2D eigenvalue weighted by atomic mass is 9.91. The van der Waals surface area contributed by atoms with Crippen molar-refractivity contribution >= 4 is 12.0 Å². The van der Waals surface area contributed by atoms with E-state index < -0.39 is 5.60 Å². The zero-order valence-electron chi connectivity index (χ0n) is 20.3. The van der Waals surface area contributed by atoms with Gasteiger partial charge in [0, 0.05) is 25.6 Å². The fraction of sp³-hybridized carbons (Fsp3) is 0.370. The second-order valence-electron chi connectivity index (χ2n) is 9.74. The molecule has 0 saturated carbocycles. The van der Waals surface area contributed by atoms with Crippen molar-refractivity contribution in [1.29, 1.82) is 0 Å². The number of nitrogens with one attached hydrogen (secondary N) is 1. The first-order valence-electron chi connectivity index (χ1n) is 11.8. The van der Waals surface area contributed by atoms with Crippen molar-refractivity contribution in [2.75, 3.05) is 13.1 Å². The quantitative estimate of drug-likeness (QED) is 0.556. The fourth-order valence-corrected chi connectivity index (χ4v) is 4.24. The molecule has 1 aliphatic rings. The minimum atomic E-state index is -0.546. The Morgan fingerprint density at radius 1 is 1.06 bits per heavy atom. The van der Waals surface area contributed by atoms with Gasteiger partial charge in [-0.05, 0) is 63.4 Å². The maximum Gasteiger partial charge on any atom is 0.410 e. The van der Waals surface area contributed by atoms with Gasteiger partial charge in [0.05, 0.1) is 23.1 Å². The number of hydrogen-bond donors (Lipinski definition) is 1. The maximum absolute atomic E-state index is 13.2. The molecule has 0 bridgehead atoms. The molecule has 7 nitrogen and oxygen atoms in total. The number of nitrogens with zero attached hydrogens (tertiary/aromatic N) is 3. The molecule has 2 heterocycles. The minimum absolute atomic E-state index is 0.0444. The number of carbonyl (C=O) groups is 2. The SMILES string of the molecule is CC(C)(C)OC(=O)N1CCC(c2c(C(=O)NCc3ccc(F)cc3)cnn2-c2ccccc2)CC1. The first kappa shape index (κ1) is 24.4. The highest BCUT2D eigenvalue weighted by Crippen LogP contribution is 2.32. The largest absolute Gasteiger partial charge is 0.444 e. The van der Waals surface area contributed by atoms with E-state index in [1.165, 1.54) is 12.1 Å². The van der Waals surface area contributed by atoms with Crippen molar-refractivity contribution in [3.8, 4) is 5.69 Å². The molecule has 1 aliphatic heterocycles. The summed E-state index contributed by atoms with van der Waals surface area (Å²) in [7, 11) is 0. The van der Waals surface area contributed by atoms with Crippen molar-refractivity contribution in [3.05, 3.63) is 83.4 Å². The average molecular weight is 479 g/mol. The molecule has 2 aromatic carbocycles. The van der Waals surface area contributed by atoms with Crippen LogP contribution in [0.5, 0.6) is 0 Å². The van der Waals surface area contributed by atoms with E-state index in [2.05, 4.69) is 10.4 Å². The maximum atomic E-state index is 13.2. The third-order valence-corrected chi connectivity index (χ3v) is 5.95. The number of halogens is 1. The Labute approximate surface area is 204 Å². The summed E-state index contributed by atoms with van der Waals surface area (Å²) in [6.07, 6.45) is 2.67. The lowest BCUT2D eigenvalue weighted by molar-refractivity contribution is 0.0203. The number of carbonyl (C=O) groups excluding carboxylic acids is 2. The number of ether oxygens (including phenoxy) is 1. The van der Waals surface area contributed by atoms with Crippen LogP contribution in [0.15, 0.2) is 60.8 Å². The van der Waals surface area contributed by atoms with Crippen molar-refractivity contribution in [2.45, 2.75) is 51.7 Å². The van der Waals surface area contributed by atoms with Crippen LogP contribution in [-0.2, 0) is 11.3 Å². The van der Waals surface area contributed by atoms with E-state index in [4.69, 9.17) is 4.74 Å². The highest BCUT2D eigenvalue weighted by atomic mass is 19.1. The molecule has 0 radical (unpaired) electrons. The number of likely N-dealkylation sites (tertiary alicyclic amines) is 1. The molecule has 8 heteroatoms. The third-order valence-electron chi connectivity index (χ3n) is 5.95. The van der Waals surface area contributed by atoms with Gasteiger partial charge in [-0.1, -0.05) is 30.3 Å². The molecular formula is C27H31FN4O3. The molecule has 35 heavy (non-hydrogen) atoms. The first-order chi connectivity index (χ1) is 16.7. The molecule has 0 spiro atoms. The number of hydrogen-bond acceptors (Lipinski definition) is 4. The predicted molar refractivity (Wildman–Crippen MR) is 131 cm³/mol. The molecule has 1 aromatic heterocycles. The van der Waals surface area contributed by atoms with Gasteiger partial charge in [-0.25, -0.2) is 13.9 Å². The lowest BCUT2D eigenvalue weighted by Gasteiger charge is -2.34. The summed E-state index contributed by atoms with van der Waals surface area (Å²) in [5.74, 6) is -0.506. The fourth-order valence-electron chi connectivity index (χ4n) is 4.24. The van der Waals surface area contributed by atoms with E-state index in [-0.39, 0.29) is 30.3 Å². The predicted octanol–water partition coefficient (Wildman–Crippen LogP) is 5.06. The smallest absolute Gasteiger partial charge is 0.410 e. The van der Waals surface area contributed by atoms with Crippen LogP contribution in [-0.4, -0.2) is 45.4 Å². The van der Waals surface area contributed by atoms with Gasteiger partial charge in [0.1, 0.15) is 11.4 Å². The number of benzene rings is 2. The monoisotopic (exact) mass is 478 g/mol. The Morgan fingerprint density at radius 3 is 2.34 bits per heavy atom. The van der Waals surface area contributed by atoms with Gasteiger partial charge in [0.25, 0.3) is 5.91 Å². The highest BCUT2D eigenvalue weighted by Gasteiger charge is 2.32. The van der Waals surface area contributed by atoms with E-state index in [0.29, 0.717) is 31.5 Å². The second-order valence-corrected chi connectivity index (χ2v) is 9.74. The van der Waals surface area contributed by atoms with Gasteiger partial charge in [0.2, 0.25) is 0 Å². The standard InChI is InChI=1S/C27H31FN4O3/c1-27(2,3)35-26(34)31-15-13-20(14-16-31)24-23(18-30-32(24)22-7-5-4-6-8-22)25(33)29-17-19-9-11-21(28)12-10-19/h4-12,18,20H,13-17H2,1-3H3,(H,29,33). The summed E-state index contributed by atoms with van der Waals surface area (Å²) in [5.41, 5.74) is 2.47. The van der Waals surface area contributed by atoms with Gasteiger partial charge >= 0.3 is 6.09 Å². The first-order valence-corrected chi connectivity index (χ1v) is 11.8. The van der Waals surface area contributed by atoms with E-state index in [1.54, 1.807) is 23.2 Å². The van der Waals surface area contributed by atoms with Crippen LogP contribution in [0.25, 0.3) is 5.69 Å². The molecule has 1 N–H and O–H groups in total. The van der Waals surface area contributed by atoms with Crippen molar-refractivity contribution in [3.63, 3.8) is 0 Å². The van der Waals surface area contributed by atoms with E-state index in [1.807, 2.05) is 55.8 Å². The highest BCUT2D eigenvalue weighted by molar-refractivity contribution is 5.95. The molecule has 4 rings (SSSR count). The normalized spacial score (nSPS) is 14.6. The Balaban J connectivity index is 1.54. The van der Waals surface area contributed by atoms with Gasteiger partial charge in [0.15, 0.2) is 0 Å². The average Bonchev–Trinajstić information content (AvgIpc) is 3.28. The number of piperidine rings is 1. The summed E-state index contributed by atoms with van der Waals surface area (Å²) in [6.45, 7) is 6.92. The lowest BCUT2D eigenvalue weighted by Crippen LogP contribution is -2.41. The minimum Gasteiger partial charge on any atom is -0.444 e. The summed E-state index contributed by atoms with van der Waals surface area (Å²) in [6, 6.07) is 15.7. The zero-order chi connectivity index (χ0) is 25.0. The molecule has 0 atom stereocenters. The second kappa shape index (κ2) is 10.3. The van der Waals surface area contributed by atoms with Gasteiger partial charge in [-0.3, -0.25) is 4.79 Å². The molecule has 1 fully saturated rings. The Bertz CT molecular complexity index is 1160. The molecular weight excluding hydrogens is 447 g/mol. The van der Waals surface area contributed by atoms with Crippen molar-refractivity contribution in [1.82, 2.24) is 20.0 Å². The van der Waals surface area contributed by atoms with Crippen LogP contribution in [0.4, 0.5) is 9.18 Å². The van der Waals surface area contributed by atoms with Gasteiger partial charge in [-0.15, -0.1) is 0 Å². The van der Waals surface area contributed by atoms with Crippen LogP contribution < -0.4 is 5.32 Å². The summed E-state index contributed by atoms with van der Waals surface area (Å²) in [5, 5.41) is 7.49. The molecule has 184 valence electrons. The Kier molecular flexibility index (Phi) is 7.19. The number of amides is 2. The number of aromatic nitrogens is 2. The number of rotatable bonds is 5. The van der Waals surface area contributed by atoms with Gasteiger partial charge < -0.3 is 15.0 Å². The molecule has 1 saturated heterocycles. The van der Waals surface area contributed by atoms with Crippen molar-refractivity contribution < 1.29 is 18.7 Å². The van der Waals surface area contributed by atoms with Crippen LogP contribution in [0.3, 0.4) is 0 Å². The van der Waals surface area contributed by atoms with E-state index in [0.717, 1.165) is 16.9 Å². The van der Waals surface area contributed by atoms with Crippen LogP contribution in [0, 0.1) is 5.82 Å².